The summed E-state index contributed by atoms with van der Waals surface area (Å²) in [6, 6.07) is 8.65. The highest BCUT2D eigenvalue weighted by molar-refractivity contribution is 5.86. The van der Waals surface area contributed by atoms with Crippen molar-refractivity contribution in [2.75, 3.05) is 19.6 Å². The number of carbonyl (C=O) groups excluding carboxylic acids is 2. The van der Waals surface area contributed by atoms with Gasteiger partial charge in [-0.2, -0.15) is 0 Å². The maximum Gasteiger partial charge on any atom is 0.415 e. The van der Waals surface area contributed by atoms with Gasteiger partial charge in [0.15, 0.2) is 0 Å². The summed E-state index contributed by atoms with van der Waals surface area (Å²) in [5.41, 5.74) is 0. The first kappa shape index (κ1) is 14.9. The summed E-state index contributed by atoms with van der Waals surface area (Å²) in [6.07, 6.45) is 4.49. The first-order valence-corrected chi connectivity index (χ1v) is 8.08. The first-order chi connectivity index (χ1) is 10.8. The van der Waals surface area contributed by atoms with Crippen LogP contribution in [0.1, 0.15) is 32.1 Å². The molecule has 2 aliphatic heterocycles. The Bertz CT molecular complexity index is 526. The van der Waals surface area contributed by atoms with E-state index in [1.165, 1.54) is 6.42 Å². The summed E-state index contributed by atoms with van der Waals surface area (Å²) in [6.45, 7) is 2.23. The minimum Gasteiger partial charge on any atom is -0.410 e. The molecule has 0 radical (unpaired) electrons. The highest BCUT2D eigenvalue weighted by atomic mass is 16.6. The maximum atomic E-state index is 12.6. The molecule has 5 nitrogen and oxygen atoms in total. The minimum atomic E-state index is -0.418. The van der Waals surface area contributed by atoms with Crippen molar-refractivity contribution >= 4 is 12.0 Å². The van der Waals surface area contributed by atoms with E-state index in [1.54, 1.807) is 17.0 Å². The van der Waals surface area contributed by atoms with Gasteiger partial charge < -0.3 is 9.64 Å². The van der Waals surface area contributed by atoms with Gasteiger partial charge >= 0.3 is 6.09 Å². The van der Waals surface area contributed by atoms with E-state index in [-0.39, 0.29) is 11.9 Å². The fourth-order valence-electron chi connectivity index (χ4n) is 3.21. The molecular weight excluding hydrogens is 280 g/mol. The van der Waals surface area contributed by atoms with E-state index in [1.807, 2.05) is 23.1 Å². The second-order valence-corrected chi connectivity index (χ2v) is 5.92. The summed E-state index contributed by atoms with van der Waals surface area (Å²) < 4.78 is 5.38. The van der Waals surface area contributed by atoms with Crippen molar-refractivity contribution in [1.82, 2.24) is 9.80 Å². The Kier molecular flexibility index (Phi) is 4.61. The van der Waals surface area contributed by atoms with Crippen LogP contribution in [0, 0.1) is 0 Å². The van der Waals surface area contributed by atoms with Gasteiger partial charge in [-0.25, -0.2) is 4.79 Å². The fourth-order valence-corrected chi connectivity index (χ4v) is 3.21. The van der Waals surface area contributed by atoms with Crippen molar-refractivity contribution in [1.29, 1.82) is 0 Å². The zero-order valence-corrected chi connectivity index (χ0v) is 12.7. The molecule has 3 rings (SSSR count). The number of hydrogen-bond donors (Lipinski definition) is 0. The lowest BCUT2D eigenvalue weighted by molar-refractivity contribution is -0.136. The molecule has 118 valence electrons. The van der Waals surface area contributed by atoms with Crippen molar-refractivity contribution in [2.24, 2.45) is 0 Å². The number of para-hydroxylation sites is 1. The van der Waals surface area contributed by atoms with Crippen LogP contribution in [-0.2, 0) is 4.79 Å². The highest BCUT2D eigenvalue weighted by Crippen LogP contribution is 2.23. The Morgan fingerprint density at radius 2 is 1.68 bits per heavy atom. The van der Waals surface area contributed by atoms with Crippen molar-refractivity contribution in [2.45, 2.75) is 38.1 Å². The molecule has 2 aliphatic rings. The summed E-state index contributed by atoms with van der Waals surface area (Å²) in [5, 5.41) is 0. The van der Waals surface area contributed by atoms with E-state index in [9.17, 15) is 9.59 Å². The molecule has 0 bridgehead atoms. The Labute approximate surface area is 130 Å². The van der Waals surface area contributed by atoms with E-state index >= 15 is 0 Å². The predicted molar refractivity (Wildman–Crippen MR) is 82.6 cm³/mol. The van der Waals surface area contributed by atoms with E-state index in [0.29, 0.717) is 12.3 Å². The first-order valence-electron chi connectivity index (χ1n) is 8.08. The minimum absolute atomic E-state index is 0.0854. The summed E-state index contributed by atoms with van der Waals surface area (Å²) >= 11 is 0. The molecule has 0 spiro atoms. The van der Waals surface area contributed by atoms with Crippen LogP contribution in [0.2, 0.25) is 0 Å². The third-order valence-corrected chi connectivity index (χ3v) is 4.39. The molecular formula is C17H22N2O3. The molecule has 2 fully saturated rings. The fraction of sp³-hybridized carbons (Fsp3) is 0.529. The van der Waals surface area contributed by atoms with Gasteiger partial charge in [0, 0.05) is 19.6 Å². The number of amides is 2. The molecule has 1 aromatic carbocycles. The summed E-state index contributed by atoms with van der Waals surface area (Å²) in [4.78, 5) is 28.5. The van der Waals surface area contributed by atoms with Gasteiger partial charge in [-0.15, -0.1) is 0 Å². The van der Waals surface area contributed by atoms with Crippen LogP contribution in [0.3, 0.4) is 0 Å². The van der Waals surface area contributed by atoms with Crippen LogP contribution < -0.4 is 4.74 Å². The number of hydrogen-bond acceptors (Lipinski definition) is 3. The van der Waals surface area contributed by atoms with E-state index in [4.69, 9.17) is 4.74 Å². The van der Waals surface area contributed by atoms with Crippen molar-refractivity contribution in [3.63, 3.8) is 0 Å². The molecule has 2 heterocycles. The largest absolute Gasteiger partial charge is 0.415 e. The van der Waals surface area contributed by atoms with Gasteiger partial charge in [-0.3, -0.25) is 9.69 Å². The van der Waals surface area contributed by atoms with Crippen molar-refractivity contribution in [3.05, 3.63) is 30.3 Å². The lowest BCUT2D eigenvalue weighted by atomic mass is 10.1. The standard InChI is InChI=1S/C17H22N2O3/c20-16(18-11-5-2-6-12-18)15-10-7-13-19(15)17(21)22-14-8-3-1-4-9-14/h1,3-4,8-9,15H,2,5-7,10-13H2/t15-/m1/s1. The van der Waals surface area contributed by atoms with Crippen LogP contribution in [-0.4, -0.2) is 47.5 Å². The highest BCUT2D eigenvalue weighted by Gasteiger charge is 2.37. The molecule has 5 heteroatoms. The van der Waals surface area contributed by atoms with Gasteiger partial charge in [-0.05, 0) is 44.2 Å². The van der Waals surface area contributed by atoms with Crippen LogP contribution in [0.15, 0.2) is 30.3 Å². The third-order valence-electron chi connectivity index (χ3n) is 4.39. The van der Waals surface area contributed by atoms with Gasteiger partial charge in [0.05, 0.1) is 0 Å². The average Bonchev–Trinajstić information content (AvgIpc) is 3.05. The van der Waals surface area contributed by atoms with Gasteiger partial charge in [0.25, 0.3) is 0 Å². The Morgan fingerprint density at radius 3 is 2.41 bits per heavy atom. The van der Waals surface area contributed by atoms with E-state index in [2.05, 4.69) is 0 Å². The molecule has 22 heavy (non-hydrogen) atoms. The van der Waals surface area contributed by atoms with Crippen LogP contribution >= 0.6 is 0 Å². The normalized spacial score (nSPS) is 21.7. The molecule has 1 aromatic rings. The molecule has 0 aromatic heterocycles. The molecule has 1 atom stereocenters. The van der Waals surface area contributed by atoms with Crippen molar-refractivity contribution in [3.8, 4) is 5.75 Å². The number of benzene rings is 1. The van der Waals surface area contributed by atoms with Gasteiger partial charge in [0.1, 0.15) is 11.8 Å². The summed E-state index contributed by atoms with van der Waals surface area (Å²) in [5.74, 6) is 0.603. The van der Waals surface area contributed by atoms with Gasteiger partial charge in [0.2, 0.25) is 5.91 Å². The number of carbonyl (C=O) groups is 2. The zero-order chi connectivity index (χ0) is 15.4. The second-order valence-electron chi connectivity index (χ2n) is 5.92. The Balaban J connectivity index is 1.64. The van der Waals surface area contributed by atoms with E-state index < -0.39 is 6.09 Å². The van der Waals surface area contributed by atoms with Crippen LogP contribution in [0.25, 0.3) is 0 Å². The smallest absolute Gasteiger partial charge is 0.410 e. The Morgan fingerprint density at radius 1 is 0.955 bits per heavy atom. The lowest BCUT2D eigenvalue weighted by Gasteiger charge is -2.32. The molecule has 2 saturated heterocycles. The average molecular weight is 302 g/mol. The number of rotatable bonds is 2. The number of piperidine rings is 1. The predicted octanol–water partition coefficient (Wildman–Crippen LogP) is 2.66. The maximum absolute atomic E-state index is 12.6. The van der Waals surface area contributed by atoms with Crippen molar-refractivity contribution < 1.29 is 14.3 Å². The van der Waals surface area contributed by atoms with Crippen LogP contribution in [0.5, 0.6) is 5.75 Å². The third kappa shape index (κ3) is 3.24. The lowest BCUT2D eigenvalue weighted by Crippen LogP contribution is -2.49. The quantitative estimate of drug-likeness (QED) is 0.844. The number of nitrogens with zero attached hydrogens (tertiary/aromatic N) is 2. The second kappa shape index (κ2) is 6.81. The Hall–Kier alpha value is -2.04. The van der Waals surface area contributed by atoms with E-state index in [0.717, 1.165) is 38.8 Å². The molecule has 0 aliphatic carbocycles. The SMILES string of the molecule is O=C([C@H]1CCCN1C(=O)Oc1ccccc1)N1CCCCC1. The van der Waals surface area contributed by atoms with Crippen LogP contribution in [0.4, 0.5) is 4.79 Å². The monoisotopic (exact) mass is 302 g/mol. The zero-order valence-electron chi connectivity index (χ0n) is 12.7. The topological polar surface area (TPSA) is 49.9 Å². The summed E-state index contributed by atoms with van der Waals surface area (Å²) in [7, 11) is 0. The molecule has 0 unspecified atom stereocenters. The number of ether oxygens (including phenoxy) is 1. The molecule has 2 amide bonds. The number of likely N-dealkylation sites (tertiary alicyclic amines) is 2. The van der Waals surface area contributed by atoms with Gasteiger partial charge in [-0.1, -0.05) is 18.2 Å². The molecule has 0 N–H and O–H groups in total. The molecule has 0 saturated carbocycles.